The number of rotatable bonds is 7. The maximum absolute atomic E-state index is 12.6. The van der Waals surface area contributed by atoms with Gasteiger partial charge in [0.25, 0.3) is 0 Å². The fourth-order valence-electron chi connectivity index (χ4n) is 4.05. The Bertz CT molecular complexity index is 796. The van der Waals surface area contributed by atoms with Crippen LogP contribution in [-0.2, 0) is 9.59 Å². The lowest BCUT2D eigenvalue weighted by atomic mass is 10.1. The summed E-state index contributed by atoms with van der Waals surface area (Å²) < 4.78 is 0. The molecule has 6 nitrogen and oxygen atoms in total. The molecule has 0 aliphatic carbocycles. The molecule has 1 N–H and O–H groups in total. The molecule has 2 saturated heterocycles. The summed E-state index contributed by atoms with van der Waals surface area (Å²) in [6.45, 7) is 4.66. The summed E-state index contributed by atoms with van der Waals surface area (Å²) in [7, 11) is 0. The number of hydrogen-bond donors (Lipinski definition) is 1. The van der Waals surface area contributed by atoms with Gasteiger partial charge in [-0.05, 0) is 56.1 Å². The van der Waals surface area contributed by atoms with E-state index in [0.717, 1.165) is 18.7 Å². The SMILES string of the molecule is O=C(/C=C/c1ccc(Cl)c(Cl)c1)N1CCC(=O)N(CC[C@@H](O)CN2CCCCC2)CC1. The van der Waals surface area contributed by atoms with E-state index in [0.29, 0.717) is 55.6 Å². The Labute approximate surface area is 194 Å². The zero-order chi connectivity index (χ0) is 22.2. The van der Waals surface area contributed by atoms with Crippen LogP contribution in [-0.4, -0.2) is 83.5 Å². The zero-order valence-electron chi connectivity index (χ0n) is 17.8. The van der Waals surface area contributed by atoms with E-state index in [4.69, 9.17) is 23.2 Å². The average Bonchev–Trinajstić information content (AvgIpc) is 2.95. The van der Waals surface area contributed by atoms with Gasteiger partial charge in [-0.3, -0.25) is 9.59 Å². The predicted octanol–water partition coefficient (Wildman–Crippen LogP) is 3.30. The molecule has 1 aromatic rings. The molecule has 2 aliphatic heterocycles. The van der Waals surface area contributed by atoms with Crippen LogP contribution in [0.4, 0.5) is 0 Å². The van der Waals surface area contributed by atoms with Crippen LogP contribution in [0.5, 0.6) is 0 Å². The lowest BCUT2D eigenvalue weighted by Gasteiger charge is -2.29. The van der Waals surface area contributed by atoms with Gasteiger partial charge in [0.05, 0.1) is 16.1 Å². The zero-order valence-corrected chi connectivity index (χ0v) is 19.3. The number of β-amino-alcohol motifs (C(OH)–C–C–N with tert-alkyl or cyclic N) is 1. The van der Waals surface area contributed by atoms with Crippen molar-refractivity contribution in [2.75, 3.05) is 45.8 Å². The fourth-order valence-corrected chi connectivity index (χ4v) is 4.36. The van der Waals surface area contributed by atoms with Gasteiger partial charge in [0.2, 0.25) is 11.8 Å². The van der Waals surface area contributed by atoms with Crippen LogP contribution in [0, 0.1) is 0 Å². The van der Waals surface area contributed by atoms with E-state index >= 15 is 0 Å². The van der Waals surface area contributed by atoms with Gasteiger partial charge in [-0.15, -0.1) is 0 Å². The Morgan fingerprint density at radius 1 is 1.06 bits per heavy atom. The molecule has 0 saturated carbocycles. The number of amides is 2. The molecule has 2 aliphatic rings. The van der Waals surface area contributed by atoms with E-state index in [1.165, 1.54) is 25.3 Å². The third-order valence-electron chi connectivity index (χ3n) is 5.91. The Hall–Kier alpha value is -1.60. The second-order valence-corrected chi connectivity index (χ2v) is 9.08. The van der Waals surface area contributed by atoms with Crippen LogP contribution in [0.1, 0.15) is 37.7 Å². The predicted molar refractivity (Wildman–Crippen MR) is 124 cm³/mol. The van der Waals surface area contributed by atoms with Gasteiger partial charge in [-0.2, -0.15) is 0 Å². The first-order chi connectivity index (χ1) is 14.9. The summed E-state index contributed by atoms with van der Waals surface area (Å²) in [6, 6.07) is 5.19. The van der Waals surface area contributed by atoms with Crippen molar-refractivity contribution in [3.8, 4) is 0 Å². The van der Waals surface area contributed by atoms with Gasteiger partial charge < -0.3 is 19.8 Å². The summed E-state index contributed by atoms with van der Waals surface area (Å²) in [5.74, 6) is -0.0974. The highest BCUT2D eigenvalue weighted by atomic mass is 35.5. The van der Waals surface area contributed by atoms with Gasteiger partial charge in [0.1, 0.15) is 0 Å². The first kappa shape index (κ1) is 24.1. The van der Waals surface area contributed by atoms with Crippen molar-refractivity contribution in [2.24, 2.45) is 0 Å². The summed E-state index contributed by atoms with van der Waals surface area (Å²) >= 11 is 11.9. The van der Waals surface area contributed by atoms with Crippen molar-refractivity contribution in [3.63, 3.8) is 0 Å². The number of piperidine rings is 1. The van der Waals surface area contributed by atoms with Crippen molar-refractivity contribution in [3.05, 3.63) is 39.9 Å². The minimum absolute atomic E-state index is 0.0361. The van der Waals surface area contributed by atoms with E-state index in [-0.39, 0.29) is 11.8 Å². The molecule has 0 unspecified atom stereocenters. The smallest absolute Gasteiger partial charge is 0.246 e. The summed E-state index contributed by atoms with van der Waals surface area (Å²) in [5.41, 5.74) is 0.790. The maximum Gasteiger partial charge on any atom is 0.246 e. The summed E-state index contributed by atoms with van der Waals surface area (Å²) in [6.07, 6.45) is 7.30. The highest BCUT2D eigenvalue weighted by Gasteiger charge is 2.24. The van der Waals surface area contributed by atoms with Crippen LogP contribution in [0.15, 0.2) is 24.3 Å². The first-order valence-corrected chi connectivity index (χ1v) is 11.8. The number of aliphatic hydroxyl groups excluding tert-OH is 1. The normalized spacial score (nSPS) is 19.6. The van der Waals surface area contributed by atoms with Gasteiger partial charge in [0.15, 0.2) is 0 Å². The van der Waals surface area contributed by atoms with Crippen molar-refractivity contribution >= 4 is 41.1 Å². The third-order valence-corrected chi connectivity index (χ3v) is 6.65. The number of halogens is 2. The number of carbonyl (C=O) groups is 2. The summed E-state index contributed by atoms with van der Waals surface area (Å²) in [5, 5.41) is 11.3. The van der Waals surface area contributed by atoms with Crippen LogP contribution in [0.3, 0.4) is 0 Å². The van der Waals surface area contributed by atoms with Crippen molar-refractivity contribution in [2.45, 2.75) is 38.2 Å². The van der Waals surface area contributed by atoms with Gasteiger partial charge in [-0.1, -0.05) is 35.7 Å². The van der Waals surface area contributed by atoms with Gasteiger partial charge in [0, 0.05) is 45.2 Å². The van der Waals surface area contributed by atoms with Gasteiger partial charge >= 0.3 is 0 Å². The summed E-state index contributed by atoms with van der Waals surface area (Å²) in [4.78, 5) is 30.8. The lowest BCUT2D eigenvalue weighted by molar-refractivity contribution is -0.130. The van der Waals surface area contributed by atoms with E-state index < -0.39 is 6.10 Å². The largest absolute Gasteiger partial charge is 0.392 e. The van der Waals surface area contributed by atoms with E-state index in [1.54, 1.807) is 34.1 Å². The molecule has 0 radical (unpaired) electrons. The van der Waals surface area contributed by atoms with E-state index in [2.05, 4.69) is 4.90 Å². The first-order valence-electron chi connectivity index (χ1n) is 11.0. The Kier molecular flexibility index (Phi) is 9.20. The van der Waals surface area contributed by atoms with Crippen LogP contribution in [0.2, 0.25) is 10.0 Å². The molecule has 31 heavy (non-hydrogen) atoms. The van der Waals surface area contributed by atoms with Crippen LogP contribution in [0.25, 0.3) is 6.08 Å². The molecule has 8 heteroatoms. The molecule has 1 atom stereocenters. The number of benzene rings is 1. The number of nitrogens with zero attached hydrogens (tertiary/aromatic N) is 3. The Morgan fingerprint density at radius 2 is 1.84 bits per heavy atom. The molecule has 170 valence electrons. The highest BCUT2D eigenvalue weighted by Crippen LogP contribution is 2.23. The quantitative estimate of drug-likeness (QED) is 0.624. The van der Waals surface area contributed by atoms with Crippen molar-refractivity contribution in [1.29, 1.82) is 0 Å². The topological polar surface area (TPSA) is 64.1 Å². The van der Waals surface area contributed by atoms with E-state index in [1.807, 2.05) is 0 Å². The van der Waals surface area contributed by atoms with Gasteiger partial charge in [-0.25, -0.2) is 0 Å². The van der Waals surface area contributed by atoms with E-state index in [9.17, 15) is 14.7 Å². The molecule has 0 aromatic heterocycles. The number of likely N-dealkylation sites (tertiary alicyclic amines) is 1. The average molecular weight is 468 g/mol. The Balaban J connectivity index is 1.46. The standard InChI is InChI=1S/C23H31Cl2N3O3/c24-20-6-4-18(16-21(20)25)5-7-22(30)28-13-9-23(31)27(14-15-28)12-8-19(29)17-26-10-2-1-3-11-26/h4-7,16,19,29H,1-3,8-15,17H2/b7-5+/t19-/m1/s1. The molecule has 0 spiro atoms. The second-order valence-electron chi connectivity index (χ2n) is 8.27. The molecular weight excluding hydrogens is 437 g/mol. The van der Waals surface area contributed by atoms with Crippen LogP contribution < -0.4 is 0 Å². The molecular formula is C23H31Cl2N3O3. The molecule has 2 fully saturated rings. The third kappa shape index (κ3) is 7.49. The second kappa shape index (κ2) is 11.9. The highest BCUT2D eigenvalue weighted by molar-refractivity contribution is 6.42. The molecule has 2 heterocycles. The monoisotopic (exact) mass is 467 g/mol. The fraction of sp³-hybridized carbons (Fsp3) is 0.565. The minimum atomic E-state index is -0.430. The molecule has 2 amide bonds. The lowest BCUT2D eigenvalue weighted by Crippen LogP contribution is -2.40. The molecule has 3 rings (SSSR count). The molecule has 1 aromatic carbocycles. The Morgan fingerprint density at radius 3 is 2.58 bits per heavy atom. The number of aliphatic hydroxyl groups is 1. The van der Waals surface area contributed by atoms with Crippen molar-refractivity contribution < 1.29 is 14.7 Å². The minimum Gasteiger partial charge on any atom is -0.392 e. The van der Waals surface area contributed by atoms with Crippen molar-refractivity contribution in [1.82, 2.24) is 14.7 Å². The van der Waals surface area contributed by atoms with Crippen LogP contribution >= 0.6 is 23.2 Å². The molecule has 0 bridgehead atoms. The number of hydrogen-bond acceptors (Lipinski definition) is 4. The number of carbonyl (C=O) groups excluding carboxylic acids is 2. The maximum atomic E-state index is 12.6.